The lowest BCUT2D eigenvalue weighted by Gasteiger charge is -2.14. The summed E-state index contributed by atoms with van der Waals surface area (Å²) in [7, 11) is 0. The van der Waals surface area contributed by atoms with Gasteiger partial charge in [-0.2, -0.15) is 0 Å². The standard InChI is InChI=1S/C11H6FNO4.C7H6FNO2.C4H2O3/c12-8-2-1-6(5-7(8)11(16)17)13-9(14)3-4-10(13)15;8-6-2-1-4(9)3-5(6)7(10)11;5-3-1-2-4(6)7-3/h1-5H,(H,16,17);1-3H,9H2,(H,10,11);1-2H. The molecule has 2 aliphatic heterocycles. The molecule has 13 heteroatoms. The molecule has 180 valence electrons. The van der Waals surface area contributed by atoms with Crippen LogP contribution in [0.4, 0.5) is 20.2 Å². The van der Waals surface area contributed by atoms with Gasteiger partial charge in [0.2, 0.25) is 0 Å². The predicted octanol–water partition coefficient (Wildman–Crippen LogP) is 1.69. The van der Waals surface area contributed by atoms with Gasteiger partial charge in [-0.1, -0.05) is 0 Å². The monoisotopic (exact) mass is 488 g/mol. The van der Waals surface area contributed by atoms with Gasteiger partial charge in [0.1, 0.15) is 11.6 Å². The highest BCUT2D eigenvalue weighted by Crippen LogP contribution is 2.22. The summed E-state index contributed by atoms with van der Waals surface area (Å²) >= 11 is 0. The molecule has 0 radical (unpaired) electrons. The minimum Gasteiger partial charge on any atom is -0.478 e. The molecule has 35 heavy (non-hydrogen) atoms. The van der Waals surface area contributed by atoms with Gasteiger partial charge in [0, 0.05) is 30.0 Å². The zero-order valence-corrected chi connectivity index (χ0v) is 17.3. The molecule has 2 amide bonds. The number of rotatable bonds is 3. The molecule has 0 aromatic heterocycles. The highest BCUT2D eigenvalue weighted by molar-refractivity contribution is 6.28. The molecular formula is C22H14F2N2O9. The molecule has 2 aliphatic rings. The van der Waals surface area contributed by atoms with Gasteiger partial charge in [0.25, 0.3) is 11.8 Å². The van der Waals surface area contributed by atoms with Crippen LogP contribution in [0.1, 0.15) is 20.7 Å². The van der Waals surface area contributed by atoms with E-state index in [0.29, 0.717) is 0 Å². The number of carbonyl (C=O) groups is 6. The molecule has 0 fully saturated rings. The topological polar surface area (TPSA) is 181 Å². The summed E-state index contributed by atoms with van der Waals surface area (Å²) in [5.41, 5.74) is 4.52. The number of carboxylic acid groups (broad SMARTS) is 2. The fraction of sp³-hybridized carbons (Fsp3) is 0. The van der Waals surface area contributed by atoms with E-state index in [9.17, 15) is 37.5 Å². The van der Waals surface area contributed by atoms with Gasteiger partial charge in [0.15, 0.2) is 0 Å². The van der Waals surface area contributed by atoms with E-state index >= 15 is 0 Å². The Labute approximate surface area is 194 Å². The van der Waals surface area contributed by atoms with Crippen LogP contribution in [0.25, 0.3) is 0 Å². The van der Waals surface area contributed by atoms with Crippen LogP contribution in [0.15, 0.2) is 60.7 Å². The minimum absolute atomic E-state index is 0.0313. The van der Waals surface area contributed by atoms with E-state index < -0.39 is 58.5 Å². The molecule has 0 saturated heterocycles. The van der Waals surface area contributed by atoms with E-state index in [1.54, 1.807) is 0 Å². The molecule has 2 heterocycles. The number of amides is 2. The average Bonchev–Trinajstić information content (AvgIpc) is 3.33. The second-order valence-electron chi connectivity index (χ2n) is 6.43. The van der Waals surface area contributed by atoms with Crippen LogP contribution in [0.3, 0.4) is 0 Å². The second kappa shape index (κ2) is 11.1. The average molecular weight is 488 g/mol. The Morgan fingerprint density at radius 2 is 1.20 bits per heavy atom. The SMILES string of the molecule is Nc1ccc(F)c(C(=O)O)c1.O=C(O)c1cc(N2C(=O)C=CC2=O)ccc1F.O=C1C=CC(=O)O1. The van der Waals surface area contributed by atoms with Crippen molar-refractivity contribution in [3.05, 3.63) is 83.5 Å². The van der Waals surface area contributed by atoms with Crippen LogP contribution in [-0.2, 0) is 23.9 Å². The Balaban J connectivity index is 0.000000205. The highest BCUT2D eigenvalue weighted by Gasteiger charge is 2.26. The summed E-state index contributed by atoms with van der Waals surface area (Å²) in [6.45, 7) is 0. The number of benzene rings is 2. The van der Waals surface area contributed by atoms with E-state index in [1.807, 2.05) is 0 Å². The molecule has 11 nitrogen and oxygen atoms in total. The summed E-state index contributed by atoms with van der Waals surface area (Å²) in [5, 5.41) is 17.1. The number of imide groups is 1. The molecule has 4 N–H and O–H groups in total. The lowest BCUT2D eigenvalue weighted by molar-refractivity contribution is -0.150. The van der Waals surface area contributed by atoms with Crippen molar-refractivity contribution in [2.24, 2.45) is 0 Å². The molecule has 0 unspecified atom stereocenters. The number of ether oxygens (including phenoxy) is 1. The summed E-state index contributed by atoms with van der Waals surface area (Å²) in [6, 6.07) is 6.43. The number of carboxylic acids is 2. The minimum atomic E-state index is -1.46. The van der Waals surface area contributed by atoms with Crippen LogP contribution in [0.5, 0.6) is 0 Å². The molecular weight excluding hydrogens is 474 g/mol. The third-order valence-corrected chi connectivity index (χ3v) is 4.03. The summed E-state index contributed by atoms with van der Waals surface area (Å²) < 4.78 is 29.7. The third-order valence-electron chi connectivity index (χ3n) is 4.03. The number of hydrogen-bond donors (Lipinski definition) is 3. The fourth-order valence-corrected chi connectivity index (χ4v) is 2.48. The van der Waals surface area contributed by atoms with Crippen molar-refractivity contribution in [3.63, 3.8) is 0 Å². The summed E-state index contributed by atoms with van der Waals surface area (Å²) in [5.74, 6) is -6.79. The maximum absolute atomic E-state index is 13.1. The van der Waals surface area contributed by atoms with Gasteiger partial charge in [-0.15, -0.1) is 0 Å². The lowest BCUT2D eigenvalue weighted by atomic mass is 10.1. The predicted molar refractivity (Wildman–Crippen MR) is 113 cm³/mol. The maximum atomic E-state index is 13.1. The van der Waals surface area contributed by atoms with Crippen LogP contribution in [0, 0.1) is 11.6 Å². The summed E-state index contributed by atoms with van der Waals surface area (Å²) in [6.07, 6.45) is 4.29. The van der Waals surface area contributed by atoms with Gasteiger partial charge in [-0.05, 0) is 36.4 Å². The Kier molecular flexibility index (Phi) is 8.26. The molecule has 0 aliphatic carbocycles. The summed E-state index contributed by atoms with van der Waals surface area (Å²) in [4.78, 5) is 64.3. The first-order chi connectivity index (χ1) is 16.4. The van der Waals surface area contributed by atoms with Crippen molar-refractivity contribution in [1.82, 2.24) is 0 Å². The Morgan fingerprint density at radius 3 is 1.60 bits per heavy atom. The zero-order chi connectivity index (χ0) is 26.3. The van der Waals surface area contributed by atoms with E-state index in [4.69, 9.17) is 15.9 Å². The molecule has 0 saturated carbocycles. The van der Waals surface area contributed by atoms with Gasteiger partial charge < -0.3 is 20.7 Å². The second-order valence-corrected chi connectivity index (χ2v) is 6.43. The number of anilines is 2. The number of esters is 2. The molecule has 2 aromatic carbocycles. The smallest absolute Gasteiger partial charge is 0.338 e. The normalized spacial score (nSPS) is 13.6. The lowest BCUT2D eigenvalue weighted by Crippen LogP contribution is -2.29. The largest absolute Gasteiger partial charge is 0.478 e. The zero-order valence-electron chi connectivity index (χ0n) is 17.3. The Morgan fingerprint density at radius 1 is 0.743 bits per heavy atom. The van der Waals surface area contributed by atoms with E-state index in [-0.39, 0.29) is 11.4 Å². The van der Waals surface area contributed by atoms with Crippen LogP contribution < -0.4 is 10.6 Å². The van der Waals surface area contributed by atoms with Crippen molar-refractivity contribution in [1.29, 1.82) is 0 Å². The van der Waals surface area contributed by atoms with Gasteiger partial charge in [0.05, 0.1) is 16.8 Å². The molecule has 4 rings (SSSR count). The van der Waals surface area contributed by atoms with Gasteiger partial charge >= 0.3 is 23.9 Å². The number of halogens is 2. The molecule has 0 atom stereocenters. The highest BCUT2D eigenvalue weighted by atomic mass is 19.1. The Hall–Kier alpha value is -5.20. The van der Waals surface area contributed by atoms with Crippen molar-refractivity contribution >= 4 is 47.1 Å². The first-order valence-electron chi connectivity index (χ1n) is 9.22. The van der Waals surface area contributed by atoms with E-state index in [0.717, 1.165) is 53.5 Å². The molecule has 0 spiro atoms. The van der Waals surface area contributed by atoms with Crippen molar-refractivity contribution in [2.45, 2.75) is 0 Å². The number of cyclic esters (lactones) is 2. The quantitative estimate of drug-likeness (QED) is 0.249. The number of aromatic carboxylic acids is 2. The van der Waals surface area contributed by atoms with Crippen LogP contribution in [0.2, 0.25) is 0 Å². The number of nitrogen functional groups attached to an aromatic ring is 1. The fourth-order valence-electron chi connectivity index (χ4n) is 2.48. The van der Waals surface area contributed by atoms with E-state index in [1.165, 1.54) is 12.1 Å². The Bertz CT molecular complexity index is 1270. The van der Waals surface area contributed by atoms with Gasteiger partial charge in [-0.3, -0.25) is 9.59 Å². The number of carbonyl (C=O) groups excluding carboxylic acids is 4. The first kappa shape index (κ1) is 26.1. The number of hydrogen-bond acceptors (Lipinski definition) is 8. The van der Waals surface area contributed by atoms with Crippen molar-refractivity contribution in [2.75, 3.05) is 10.6 Å². The molecule has 0 bridgehead atoms. The molecule has 2 aromatic rings. The van der Waals surface area contributed by atoms with Crippen molar-refractivity contribution < 1.29 is 52.5 Å². The van der Waals surface area contributed by atoms with Gasteiger partial charge in [-0.25, -0.2) is 32.9 Å². The van der Waals surface area contributed by atoms with Crippen LogP contribution >= 0.6 is 0 Å². The number of nitrogens with zero attached hydrogens (tertiary/aromatic N) is 1. The first-order valence-corrected chi connectivity index (χ1v) is 9.22. The van der Waals surface area contributed by atoms with Crippen LogP contribution in [-0.4, -0.2) is 45.9 Å². The van der Waals surface area contributed by atoms with E-state index in [2.05, 4.69) is 4.74 Å². The van der Waals surface area contributed by atoms with Crippen molar-refractivity contribution in [3.8, 4) is 0 Å². The number of nitrogens with two attached hydrogens (primary N) is 1. The maximum Gasteiger partial charge on any atom is 0.338 e. The third kappa shape index (κ3) is 6.89.